The molecule has 0 spiro atoms. The molecular weight excluding hydrogens is 374 g/mol. The van der Waals surface area contributed by atoms with Crippen LogP contribution in [0.15, 0.2) is 70.0 Å². The van der Waals surface area contributed by atoms with E-state index in [4.69, 9.17) is 4.42 Å². The zero-order valence-corrected chi connectivity index (χ0v) is 15.8. The lowest BCUT2D eigenvalue weighted by atomic mass is 9.94. The molecule has 3 aromatic carbocycles. The van der Waals surface area contributed by atoms with Gasteiger partial charge in [0, 0.05) is 23.9 Å². The molecule has 0 aliphatic heterocycles. The van der Waals surface area contributed by atoms with Gasteiger partial charge in [-0.25, -0.2) is 8.42 Å². The van der Waals surface area contributed by atoms with E-state index in [-0.39, 0.29) is 10.7 Å². The first-order valence-electron chi connectivity index (χ1n) is 9.11. The highest BCUT2D eigenvalue weighted by atomic mass is 32.2. The maximum Gasteiger partial charge on any atom is 0.261 e. The number of hydrogen-bond donors (Lipinski definition) is 1. The van der Waals surface area contributed by atoms with E-state index in [9.17, 15) is 13.2 Å². The number of carbonyl (C=O) groups is 1. The summed E-state index contributed by atoms with van der Waals surface area (Å²) in [5.74, 6) is 0.746. The van der Waals surface area contributed by atoms with Crippen molar-refractivity contribution in [2.75, 3.05) is 4.72 Å². The average molecular weight is 391 g/mol. The van der Waals surface area contributed by atoms with Crippen LogP contribution in [0.2, 0.25) is 0 Å². The Balaban J connectivity index is 1.54. The van der Waals surface area contributed by atoms with Crippen LogP contribution in [0.3, 0.4) is 0 Å². The quantitative estimate of drug-likeness (QED) is 0.539. The van der Waals surface area contributed by atoms with Crippen molar-refractivity contribution in [3.8, 4) is 0 Å². The van der Waals surface area contributed by atoms with Crippen LogP contribution in [-0.4, -0.2) is 14.2 Å². The zero-order valence-electron chi connectivity index (χ0n) is 14.9. The monoisotopic (exact) mass is 391 g/mol. The molecule has 1 aromatic heterocycles. The van der Waals surface area contributed by atoms with Gasteiger partial charge in [0.25, 0.3) is 10.0 Å². The molecule has 1 N–H and O–H groups in total. The maximum atomic E-state index is 12.9. The predicted molar refractivity (Wildman–Crippen MR) is 108 cm³/mol. The Hall–Kier alpha value is -3.12. The Labute approximate surface area is 162 Å². The second-order valence-electron chi connectivity index (χ2n) is 7.00. The van der Waals surface area contributed by atoms with Crippen LogP contribution >= 0.6 is 0 Å². The number of aryl methyl sites for hydroxylation is 1. The van der Waals surface area contributed by atoms with Gasteiger partial charge in [0.2, 0.25) is 0 Å². The molecule has 0 saturated heterocycles. The van der Waals surface area contributed by atoms with E-state index in [0.29, 0.717) is 34.4 Å². The summed E-state index contributed by atoms with van der Waals surface area (Å²) >= 11 is 0. The van der Waals surface area contributed by atoms with Crippen LogP contribution in [-0.2, 0) is 16.4 Å². The Morgan fingerprint density at radius 1 is 0.893 bits per heavy atom. The van der Waals surface area contributed by atoms with Crippen LogP contribution in [0.4, 0.5) is 5.69 Å². The van der Waals surface area contributed by atoms with E-state index in [1.165, 1.54) is 0 Å². The van der Waals surface area contributed by atoms with Crippen molar-refractivity contribution in [2.45, 2.75) is 24.2 Å². The summed E-state index contributed by atoms with van der Waals surface area (Å²) in [4.78, 5) is 12.5. The molecule has 4 aromatic rings. The number of ketones is 1. The molecule has 1 aliphatic rings. The third kappa shape index (κ3) is 2.77. The smallest absolute Gasteiger partial charge is 0.261 e. The Morgan fingerprint density at radius 3 is 2.57 bits per heavy atom. The maximum absolute atomic E-state index is 12.9. The van der Waals surface area contributed by atoms with Crippen molar-refractivity contribution >= 4 is 43.2 Å². The van der Waals surface area contributed by atoms with Crippen molar-refractivity contribution in [3.05, 3.63) is 72.0 Å². The summed E-state index contributed by atoms with van der Waals surface area (Å²) in [6.45, 7) is 0. The number of carbonyl (C=O) groups excluding carboxylic acids is 1. The normalized spacial score (nSPS) is 14.4. The fourth-order valence-electron chi connectivity index (χ4n) is 3.78. The fraction of sp³-hybridized carbons (Fsp3) is 0.136. The summed E-state index contributed by atoms with van der Waals surface area (Å²) in [5, 5.41) is 2.50. The fourth-order valence-corrected chi connectivity index (χ4v) is 4.86. The van der Waals surface area contributed by atoms with Crippen LogP contribution in [0.5, 0.6) is 0 Å². The summed E-state index contributed by atoms with van der Waals surface area (Å²) in [7, 11) is -3.76. The highest BCUT2D eigenvalue weighted by Crippen LogP contribution is 2.34. The Morgan fingerprint density at radius 2 is 1.71 bits per heavy atom. The van der Waals surface area contributed by atoms with Gasteiger partial charge < -0.3 is 4.42 Å². The van der Waals surface area contributed by atoms with Crippen LogP contribution in [0, 0.1) is 0 Å². The summed E-state index contributed by atoms with van der Waals surface area (Å²) < 4.78 is 34.1. The number of rotatable bonds is 3. The van der Waals surface area contributed by atoms with E-state index in [1.54, 1.807) is 36.4 Å². The number of sulfonamides is 1. The van der Waals surface area contributed by atoms with Gasteiger partial charge in [0.15, 0.2) is 5.78 Å². The number of nitrogens with one attached hydrogen (secondary N) is 1. The molecule has 5 rings (SSSR count). The minimum absolute atomic E-state index is 0.0505. The van der Waals surface area contributed by atoms with Gasteiger partial charge in [-0.05, 0) is 47.5 Å². The van der Waals surface area contributed by atoms with Crippen molar-refractivity contribution < 1.29 is 17.6 Å². The van der Waals surface area contributed by atoms with Gasteiger partial charge in [-0.3, -0.25) is 9.52 Å². The lowest BCUT2D eigenvalue weighted by molar-refractivity contribution is 0.0971. The van der Waals surface area contributed by atoms with Gasteiger partial charge >= 0.3 is 0 Å². The third-order valence-electron chi connectivity index (χ3n) is 5.13. The first kappa shape index (κ1) is 17.0. The highest BCUT2D eigenvalue weighted by Gasteiger charge is 2.25. The van der Waals surface area contributed by atoms with Crippen molar-refractivity contribution in [2.24, 2.45) is 0 Å². The first-order valence-corrected chi connectivity index (χ1v) is 10.6. The van der Waals surface area contributed by atoms with Crippen LogP contribution < -0.4 is 4.72 Å². The topological polar surface area (TPSA) is 76.4 Å². The minimum Gasteiger partial charge on any atom is -0.460 e. The summed E-state index contributed by atoms with van der Waals surface area (Å²) in [6, 6.07) is 17.7. The second kappa shape index (κ2) is 6.21. The molecule has 28 heavy (non-hydrogen) atoms. The molecule has 0 atom stereocenters. The number of hydrogen-bond acceptors (Lipinski definition) is 4. The molecular formula is C22H17NO4S. The van der Waals surface area contributed by atoms with Gasteiger partial charge in [-0.1, -0.05) is 30.3 Å². The molecule has 0 saturated carbocycles. The molecule has 1 heterocycles. The van der Waals surface area contributed by atoms with Crippen molar-refractivity contribution in [1.29, 1.82) is 0 Å². The molecule has 0 fully saturated rings. The van der Waals surface area contributed by atoms with Crippen LogP contribution in [0.1, 0.15) is 29.0 Å². The number of furan rings is 1. The van der Waals surface area contributed by atoms with E-state index in [0.717, 1.165) is 23.6 Å². The molecule has 0 unspecified atom stereocenters. The SMILES string of the molecule is O=C1CCCc2oc3ccc(NS(=O)(=O)c4ccc5ccccc5c4)cc3c21. The molecule has 1 aliphatic carbocycles. The first-order chi connectivity index (χ1) is 13.5. The second-order valence-corrected chi connectivity index (χ2v) is 8.68. The van der Waals surface area contributed by atoms with E-state index in [1.807, 2.05) is 24.3 Å². The van der Waals surface area contributed by atoms with Crippen LogP contribution in [0.25, 0.3) is 21.7 Å². The lowest BCUT2D eigenvalue weighted by Gasteiger charge is -2.10. The minimum atomic E-state index is -3.76. The molecule has 0 amide bonds. The van der Waals surface area contributed by atoms with E-state index in [2.05, 4.69) is 4.72 Å². The Kier molecular flexibility index (Phi) is 3.77. The predicted octanol–water partition coefficient (Wildman–Crippen LogP) is 4.91. The van der Waals surface area contributed by atoms with Gasteiger partial charge in [-0.2, -0.15) is 0 Å². The molecule has 0 bridgehead atoms. The average Bonchev–Trinajstić information content (AvgIpc) is 3.06. The lowest BCUT2D eigenvalue weighted by Crippen LogP contribution is -2.13. The van der Waals surface area contributed by atoms with Gasteiger partial charge in [-0.15, -0.1) is 0 Å². The molecule has 6 heteroatoms. The number of anilines is 1. The molecule has 5 nitrogen and oxygen atoms in total. The van der Waals surface area contributed by atoms with E-state index >= 15 is 0 Å². The summed E-state index contributed by atoms with van der Waals surface area (Å²) in [6.07, 6.45) is 2.01. The number of fused-ring (bicyclic) bond motifs is 4. The highest BCUT2D eigenvalue weighted by molar-refractivity contribution is 7.92. The Bertz CT molecular complexity index is 1350. The number of benzene rings is 3. The summed E-state index contributed by atoms with van der Waals surface area (Å²) in [5.41, 5.74) is 1.60. The zero-order chi connectivity index (χ0) is 19.3. The van der Waals surface area contributed by atoms with Crippen molar-refractivity contribution in [1.82, 2.24) is 0 Å². The number of Topliss-reactive ketones (excluding diaryl/α,β-unsaturated/α-hetero) is 1. The van der Waals surface area contributed by atoms with E-state index < -0.39 is 10.0 Å². The van der Waals surface area contributed by atoms with Crippen molar-refractivity contribution in [3.63, 3.8) is 0 Å². The van der Waals surface area contributed by atoms with Gasteiger partial charge in [0.05, 0.1) is 10.5 Å². The molecule has 140 valence electrons. The standard InChI is InChI=1S/C22H17NO4S/c24-19-6-3-7-21-22(19)18-13-16(9-11-20(18)27-21)23-28(25,26)17-10-8-14-4-1-2-5-15(14)12-17/h1-2,4-5,8-13,23H,3,6-7H2. The third-order valence-corrected chi connectivity index (χ3v) is 6.51. The largest absolute Gasteiger partial charge is 0.460 e. The molecule has 0 radical (unpaired) electrons. The van der Waals surface area contributed by atoms with Gasteiger partial charge in [0.1, 0.15) is 11.3 Å².